The van der Waals surface area contributed by atoms with E-state index in [-0.39, 0.29) is 18.9 Å². The van der Waals surface area contributed by atoms with Crippen molar-refractivity contribution in [3.8, 4) is 0 Å². The van der Waals surface area contributed by atoms with Gasteiger partial charge in [-0.15, -0.1) is 0 Å². The number of amides is 2. The van der Waals surface area contributed by atoms with E-state index in [1.54, 1.807) is 39.0 Å². The maximum absolute atomic E-state index is 11.7. The number of benzene rings is 1. The molecule has 8 heteroatoms. The molecule has 1 rings (SSSR count). The van der Waals surface area contributed by atoms with E-state index >= 15 is 0 Å². The third-order valence-corrected chi connectivity index (χ3v) is 3.15. The molecule has 0 atom stereocenters. The zero-order valence-corrected chi connectivity index (χ0v) is 14.8. The second-order valence-corrected chi connectivity index (χ2v) is 6.55. The Morgan fingerprint density at radius 2 is 1.87 bits per heavy atom. The predicted octanol–water partition coefficient (Wildman–Crippen LogP) is 4.17. The monoisotopic (exact) mass is 362 g/mol. The number of hydrogen-bond acceptors (Lipinski definition) is 4. The van der Waals surface area contributed by atoms with Crippen molar-refractivity contribution in [2.75, 3.05) is 11.9 Å². The summed E-state index contributed by atoms with van der Waals surface area (Å²) in [6.07, 6.45) is -0.00287. The zero-order valence-electron chi connectivity index (χ0n) is 13.2. The fraction of sp³-hybridized carbons (Fsp3) is 0.467. The maximum Gasteiger partial charge on any atom is 0.431 e. The van der Waals surface area contributed by atoms with Gasteiger partial charge in [-0.3, -0.25) is 9.63 Å². The number of nitrogens with one attached hydrogen (secondary N) is 2. The van der Waals surface area contributed by atoms with Gasteiger partial charge in [0.25, 0.3) is 0 Å². The Hall–Kier alpha value is -1.50. The van der Waals surface area contributed by atoms with Gasteiger partial charge in [-0.05, 0) is 45.4 Å². The number of hydrogen-bond donors (Lipinski definition) is 2. The van der Waals surface area contributed by atoms with Crippen molar-refractivity contribution >= 4 is 40.9 Å². The van der Waals surface area contributed by atoms with Gasteiger partial charge in [-0.25, -0.2) is 4.79 Å². The van der Waals surface area contributed by atoms with E-state index in [0.29, 0.717) is 22.2 Å². The summed E-state index contributed by atoms with van der Waals surface area (Å²) in [7, 11) is 0. The molecule has 6 nitrogen and oxygen atoms in total. The molecule has 128 valence electrons. The minimum atomic E-state index is -0.669. The van der Waals surface area contributed by atoms with Crippen LogP contribution in [0.1, 0.15) is 33.6 Å². The van der Waals surface area contributed by atoms with E-state index in [1.807, 2.05) is 0 Å². The van der Waals surface area contributed by atoms with Crippen LogP contribution in [0.3, 0.4) is 0 Å². The van der Waals surface area contributed by atoms with Crippen LogP contribution in [0.15, 0.2) is 18.2 Å². The summed E-state index contributed by atoms with van der Waals surface area (Å²) in [5.41, 5.74) is 2.13. The van der Waals surface area contributed by atoms with Crippen molar-refractivity contribution in [2.45, 2.75) is 39.2 Å². The normalized spacial score (nSPS) is 11.0. The van der Waals surface area contributed by atoms with Gasteiger partial charge in [0.2, 0.25) is 5.91 Å². The van der Waals surface area contributed by atoms with E-state index in [1.165, 1.54) is 0 Å². The Bertz CT molecular complexity index is 559. The van der Waals surface area contributed by atoms with Gasteiger partial charge in [0.1, 0.15) is 5.60 Å². The topological polar surface area (TPSA) is 76.7 Å². The first-order valence-electron chi connectivity index (χ1n) is 7.03. The van der Waals surface area contributed by atoms with Crippen molar-refractivity contribution in [2.24, 2.45) is 0 Å². The van der Waals surface area contributed by atoms with E-state index in [9.17, 15) is 9.59 Å². The Morgan fingerprint density at radius 1 is 1.17 bits per heavy atom. The lowest BCUT2D eigenvalue weighted by atomic mass is 10.2. The quantitative estimate of drug-likeness (QED) is 0.588. The molecular weight excluding hydrogens is 343 g/mol. The maximum atomic E-state index is 11.7. The molecule has 0 unspecified atom stereocenters. The van der Waals surface area contributed by atoms with Crippen LogP contribution in [0.5, 0.6) is 0 Å². The number of carbonyl (C=O) groups excluding carboxylic acids is 2. The van der Waals surface area contributed by atoms with Crippen LogP contribution >= 0.6 is 23.2 Å². The number of anilines is 1. The number of rotatable bonds is 6. The van der Waals surface area contributed by atoms with Crippen molar-refractivity contribution in [1.82, 2.24) is 5.48 Å². The van der Waals surface area contributed by atoms with Gasteiger partial charge in [0, 0.05) is 12.1 Å². The molecule has 0 spiro atoms. The third kappa shape index (κ3) is 8.64. The van der Waals surface area contributed by atoms with Crippen LogP contribution in [0.4, 0.5) is 10.5 Å². The third-order valence-electron chi connectivity index (χ3n) is 2.41. The van der Waals surface area contributed by atoms with Crippen molar-refractivity contribution < 1.29 is 19.2 Å². The van der Waals surface area contributed by atoms with Gasteiger partial charge in [0.15, 0.2) is 0 Å². The summed E-state index contributed by atoms with van der Waals surface area (Å²) in [6.45, 7) is 5.44. The predicted molar refractivity (Wildman–Crippen MR) is 89.6 cm³/mol. The summed E-state index contributed by atoms with van der Waals surface area (Å²) in [5, 5.41) is 3.48. The molecule has 0 aliphatic heterocycles. The zero-order chi connectivity index (χ0) is 17.5. The second-order valence-electron chi connectivity index (χ2n) is 5.73. The molecule has 1 aromatic rings. The molecule has 0 aliphatic carbocycles. The van der Waals surface area contributed by atoms with Crippen LogP contribution in [0.2, 0.25) is 10.0 Å². The lowest BCUT2D eigenvalue weighted by molar-refractivity contribution is -0.116. The van der Waals surface area contributed by atoms with Crippen LogP contribution in [0.25, 0.3) is 0 Å². The lowest BCUT2D eigenvalue weighted by Gasteiger charge is -2.19. The fourth-order valence-corrected chi connectivity index (χ4v) is 1.81. The Kier molecular flexibility index (Phi) is 7.61. The highest BCUT2D eigenvalue weighted by Gasteiger charge is 2.15. The first-order valence-corrected chi connectivity index (χ1v) is 7.78. The molecule has 0 radical (unpaired) electrons. The molecule has 0 bridgehead atoms. The van der Waals surface area contributed by atoms with E-state index in [4.69, 9.17) is 32.8 Å². The largest absolute Gasteiger partial charge is 0.442 e. The van der Waals surface area contributed by atoms with Crippen molar-refractivity contribution in [3.63, 3.8) is 0 Å². The Morgan fingerprint density at radius 3 is 2.48 bits per heavy atom. The molecule has 0 heterocycles. The highest BCUT2D eigenvalue weighted by atomic mass is 35.5. The molecule has 2 N–H and O–H groups in total. The summed E-state index contributed by atoms with van der Waals surface area (Å²) in [6, 6.07) is 4.84. The minimum absolute atomic E-state index is 0.189. The molecule has 0 aliphatic rings. The van der Waals surface area contributed by atoms with E-state index < -0.39 is 11.7 Å². The Labute approximate surface area is 145 Å². The fourth-order valence-electron chi connectivity index (χ4n) is 1.51. The first-order chi connectivity index (χ1) is 10.7. The second kappa shape index (κ2) is 8.96. The highest BCUT2D eigenvalue weighted by Crippen LogP contribution is 2.25. The van der Waals surface area contributed by atoms with Crippen molar-refractivity contribution in [3.05, 3.63) is 28.2 Å². The summed E-state index contributed by atoms with van der Waals surface area (Å²) >= 11 is 11.7. The highest BCUT2D eigenvalue weighted by molar-refractivity contribution is 6.42. The summed E-state index contributed by atoms with van der Waals surface area (Å²) in [4.78, 5) is 28.0. The average Bonchev–Trinajstić information content (AvgIpc) is 2.40. The van der Waals surface area contributed by atoms with Gasteiger partial charge in [-0.2, -0.15) is 5.48 Å². The summed E-state index contributed by atoms with van der Waals surface area (Å²) < 4.78 is 4.99. The lowest BCUT2D eigenvalue weighted by Crippen LogP contribution is -2.32. The summed E-state index contributed by atoms with van der Waals surface area (Å²) in [5.74, 6) is -0.191. The van der Waals surface area contributed by atoms with Gasteiger partial charge in [0.05, 0.1) is 16.7 Å². The molecule has 23 heavy (non-hydrogen) atoms. The smallest absolute Gasteiger partial charge is 0.431 e. The molecular formula is C15H20Cl2N2O4. The molecule has 0 saturated heterocycles. The minimum Gasteiger partial charge on any atom is -0.442 e. The van der Waals surface area contributed by atoms with Gasteiger partial charge < -0.3 is 10.1 Å². The standard InChI is InChI=1S/C15H20Cl2N2O4/c1-15(2,3)23-14(21)19-22-8-4-5-13(20)18-10-6-7-11(16)12(17)9-10/h6-7,9H,4-5,8H2,1-3H3,(H,18,20)(H,19,21). The number of ether oxygens (including phenoxy) is 1. The average molecular weight is 363 g/mol. The van der Waals surface area contributed by atoms with E-state index in [2.05, 4.69) is 10.8 Å². The van der Waals surface area contributed by atoms with Crippen LogP contribution in [-0.4, -0.2) is 24.2 Å². The van der Waals surface area contributed by atoms with Crippen LogP contribution < -0.4 is 10.8 Å². The molecule has 2 amide bonds. The molecule has 0 fully saturated rings. The van der Waals surface area contributed by atoms with E-state index in [0.717, 1.165) is 0 Å². The number of hydroxylamine groups is 1. The van der Waals surface area contributed by atoms with Crippen molar-refractivity contribution in [1.29, 1.82) is 0 Å². The van der Waals surface area contributed by atoms with Gasteiger partial charge in [-0.1, -0.05) is 23.2 Å². The van der Waals surface area contributed by atoms with Crippen LogP contribution in [-0.2, 0) is 14.4 Å². The SMILES string of the molecule is CC(C)(C)OC(=O)NOCCCC(=O)Nc1ccc(Cl)c(Cl)c1. The molecule has 0 aromatic heterocycles. The number of carbonyl (C=O) groups is 2. The molecule has 1 aromatic carbocycles. The number of halogens is 2. The van der Waals surface area contributed by atoms with Gasteiger partial charge >= 0.3 is 6.09 Å². The molecule has 0 saturated carbocycles. The Balaban J connectivity index is 2.19. The first kappa shape index (κ1) is 19.5. The van der Waals surface area contributed by atoms with Crippen LogP contribution in [0, 0.1) is 0 Å².